The van der Waals surface area contributed by atoms with E-state index in [1.165, 1.54) is 20.3 Å². The molecule has 0 saturated carbocycles. The minimum absolute atomic E-state index is 0.0914. The van der Waals surface area contributed by atoms with Crippen molar-refractivity contribution >= 4 is 21.8 Å². The molecule has 0 bridgehead atoms. The average Bonchev–Trinajstić information content (AvgIpc) is 3.15. The lowest BCUT2D eigenvalue weighted by atomic mass is 10.3. The van der Waals surface area contributed by atoms with Crippen molar-refractivity contribution in [2.45, 2.75) is 23.0 Å². The van der Waals surface area contributed by atoms with Crippen LogP contribution in [-0.2, 0) is 23.0 Å². The normalized spacial score (nSPS) is 13.8. The number of sulfonamides is 1. The van der Waals surface area contributed by atoms with Crippen LogP contribution >= 0.6 is 11.8 Å². The van der Waals surface area contributed by atoms with Crippen LogP contribution in [0.25, 0.3) is 0 Å². The van der Waals surface area contributed by atoms with Gasteiger partial charge in [-0.1, -0.05) is 11.8 Å². The Labute approximate surface area is 145 Å². The molecule has 0 unspecified atom stereocenters. The van der Waals surface area contributed by atoms with Gasteiger partial charge < -0.3 is 14.0 Å². The standard InChI is InChI=1S/C15H19N3O4S2/c1-21-12-3-4-14(13(9-12)22-2)24(19,20)16-6-5-11-10-18-7-8-23-15(18)17-11/h3-4,9-10,16H,5-8H2,1-2H3. The lowest BCUT2D eigenvalue weighted by Gasteiger charge is -2.11. The van der Waals surface area contributed by atoms with Gasteiger partial charge in [0.05, 0.1) is 19.9 Å². The van der Waals surface area contributed by atoms with E-state index in [0.29, 0.717) is 12.2 Å². The van der Waals surface area contributed by atoms with Gasteiger partial charge in [-0.2, -0.15) is 0 Å². The fourth-order valence-corrected chi connectivity index (χ4v) is 4.61. The van der Waals surface area contributed by atoms with Gasteiger partial charge in [0, 0.05) is 37.5 Å². The molecule has 2 aromatic rings. The number of hydrogen-bond donors (Lipinski definition) is 1. The van der Waals surface area contributed by atoms with E-state index in [-0.39, 0.29) is 17.2 Å². The molecule has 0 saturated heterocycles. The van der Waals surface area contributed by atoms with Gasteiger partial charge in [-0.25, -0.2) is 18.1 Å². The zero-order chi connectivity index (χ0) is 17.2. The number of nitrogens with zero attached hydrogens (tertiary/aromatic N) is 2. The highest BCUT2D eigenvalue weighted by molar-refractivity contribution is 7.99. The maximum Gasteiger partial charge on any atom is 0.244 e. The van der Waals surface area contributed by atoms with Gasteiger partial charge in [-0.05, 0) is 12.1 Å². The van der Waals surface area contributed by atoms with Gasteiger partial charge in [-0.15, -0.1) is 0 Å². The molecule has 1 aliphatic rings. The van der Waals surface area contributed by atoms with E-state index in [2.05, 4.69) is 14.3 Å². The first-order valence-corrected chi connectivity index (χ1v) is 9.91. The third-order valence-electron chi connectivity index (χ3n) is 3.69. The van der Waals surface area contributed by atoms with Crippen LogP contribution in [-0.4, -0.2) is 44.5 Å². The van der Waals surface area contributed by atoms with E-state index < -0.39 is 10.0 Å². The van der Waals surface area contributed by atoms with E-state index >= 15 is 0 Å². The number of hydrogen-bond acceptors (Lipinski definition) is 6. The molecule has 24 heavy (non-hydrogen) atoms. The zero-order valence-corrected chi connectivity index (χ0v) is 15.1. The molecule has 1 aromatic carbocycles. The van der Waals surface area contributed by atoms with Crippen LogP contribution in [0.1, 0.15) is 5.69 Å². The van der Waals surface area contributed by atoms with Gasteiger partial charge in [0.1, 0.15) is 16.4 Å². The third-order valence-corrected chi connectivity index (χ3v) is 6.16. The van der Waals surface area contributed by atoms with Gasteiger partial charge in [0.2, 0.25) is 10.0 Å². The molecule has 0 amide bonds. The fourth-order valence-electron chi connectivity index (χ4n) is 2.47. The molecule has 1 aliphatic heterocycles. The highest BCUT2D eigenvalue weighted by Crippen LogP contribution is 2.28. The summed E-state index contributed by atoms with van der Waals surface area (Å²) in [5, 5.41) is 1.00. The van der Waals surface area contributed by atoms with Crippen molar-refractivity contribution in [1.29, 1.82) is 0 Å². The molecular weight excluding hydrogens is 350 g/mol. The van der Waals surface area contributed by atoms with Crippen LogP contribution in [0.15, 0.2) is 34.4 Å². The van der Waals surface area contributed by atoms with Gasteiger partial charge >= 0.3 is 0 Å². The molecule has 0 fully saturated rings. The second kappa shape index (κ2) is 7.04. The van der Waals surface area contributed by atoms with Crippen LogP contribution in [0.3, 0.4) is 0 Å². The number of thioether (sulfide) groups is 1. The SMILES string of the molecule is COc1ccc(S(=O)(=O)NCCc2cn3c(n2)SCC3)c(OC)c1. The van der Waals surface area contributed by atoms with E-state index in [0.717, 1.165) is 23.1 Å². The molecule has 0 spiro atoms. The Bertz CT molecular complexity index is 812. The lowest BCUT2D eigenvalue weighted by molar-refractivity contribution is 0.386. The van der Waals surface area contributed by atoms with E-state index in [1.54, 1.807) is 23.9 Å². The Kier molecular flexibility index (Phi) is 5.02. The van der Waals surface area contributed by atoms with Crippen LogP contribution in [0.2, 0.25) is 0 Å². The number of imidazole rings is 1. The molecule has 0 atom stereocenters. The summed E-state index contributed by atoms with van der Waals surface area (Å²) in [6.07, 6.45) is 2.52. The average molecular weight is 369 g/mol. The summed E-state index contributed by atoms with van der Waals surface area (Å²) in [7, 11) is -0.719. The first kappa shape index (κ1) is 17.1. The summed E-state index contributed by atoms with van der Waals surface area (Å²) in [6, 6.07) is 4.61. The summed E-state index contributed by atoms with van der Waals surface area (Å²) in [4.78, 5) is 4.58. The highest BCUT2D eigenvalue weighted by Gasteiger charge is 2.20. The molecular formula is C15H19N3O4S2. The number of rotatable bonds is 7. The number of methoxy groups -OCH3 is 2. The van der Waals surface area contributed by atoms with Crippen molar-refractivity contribution in [3.8, 4) is 11.5 Å². The first-order chi connectivity index (χ1) is 11.5. The lowest BCUT2D eigenvalue weighted by Crippen LogP contribution is -2.26. The monoisotopic (exact) mass is 369 g/mol. The van der Waals surface area contributed by atoms with Gasteiger partial charge in [0.25, 0.3) is 0 Å². The predicted molar refractivity (Wildman–Crippen MR) is 91.4 cm³/mol. The van der Waals surface area contributed by atoms with Crippen molar-refractivity contribution < 1.29 is 17.9 Å². The quantitative estimate of drug-likeness (QED) is 0.797. The maximum absolute atomic E-state index is 12.5. The number of nitrogens with one attached hydrogen (secondary N) is 1. The van der Waals surface area contributed by atoms with E-state index in [1.807, 2.05) is 6.20 Å². The maximum atomic E-state index is 12.5. The number of fused-ring (bicyclic) bond motifs is 1. The molecule has 130 valence electrons. The van der Waals surface area contributed by atoms with Crippen molar-refractivity contribution in [2.24, 2.45) is 0 Å². The second-order valence-corrected chi connectivity index (χ2v) is 8.02. The Balaban J connectivity index is 1.67. The van der Waals surface area contributed by atoms with Gasteiger partial charge in [-0.3, -0.25) is 0 Å². The number of benzene rings is 1. The van der Waals surface area contributed by atoms with Crippen LogP contribution in [0.5, 0.6) is 11.5 Å². The number of aryl methyl sites for hydroxylation is 1. The Morgan fingerprint density at radius 1 is 1.33 bits per heavy atom. The Hall–Kier alpha value is -1.71. The molecule has 1 N–H and O–H groups in total. The topological polar surface area (TPSA) is 82.5 Å². The molecule has 2 heterocycles. The summed E-state index contributed by atoms with van der Waals surface area (Å²) < 4.78 is 39.9. The van der Waals surface area contributed by atoms with Crippen molar-refractivity contribution in [3.63, 3.8) is 0 Å². The minimum Gasteiger partial charge on any atom is -0.497 e. The molecule has 0 radical (unpaired) electrons. The smallest absolute Gasteiger partial charge is 0.244 e. The van der Waals surface area contributed by atoms with E-state index in [4.69, 9.17) is 9.47 Å². The zero-order valence-electron chi connectivity index (χ0n) is 13.5. The van der Waals surface area contributed by atoms with Gasteiger partial charge in [0.15, 0.2) is 5.16 Å². The largest absolute Gasteiger partial charge is 0.497 e. The van der Waals surface area contributed by atoms with Crippen molar-refractivity contribution in [2.75, 3.05) is 26.5 Å². The van der Waals surface area contributed by atoms with Crippen LogP contribution < -0.4 is 14.2 Å². The number of ether oxygens (including phenoxy) is 2. The molecule has 7 nitrogen and oxygen atoms in total. The first-order valence-electron chi connectivity index (χ1n) is 7.44. The fraction of sp³-hybridized carbons (Fsp3) is 0.400. The summed E-state index contributed by atoms with van der Waals surface area (Å²) in [5.41, 5.74) is 0.890. The molecule has 9 heteroatoms. The summed E-state index contributed by atoms with van der Waals surface area (Å²) >= 11 is 1.72. The Morgan fingerprint density at radius 2 is 2.17 bits per heavy atom. The van der Waals surface area contributed by atoms with E-state index in [9.17, 15) is 8.42 Å². The molecule has 3 rings (SSSR count). The predicted octanol–water partition coefficient (Wildman–Crippen LogP) is 1.53. The number of aromatic nitrogens is 2. The van der Waals surface area contributed by atoms with Crippen molar-refractivity contribution in [3.05, 3.63) is 30.1 Å². The highest BCUT2D eigenvalue weighted by atomic mass is 32.2. The van der Waals surface area contributed by atoms with Crippen molar-refractivity contribution in [1.82, 2.24) is 14.3 Å². The third kappa shape index (κ3) is 3.52. The second-order valence-electron chi connectivity index (χ2n) is 5.22. The Morgan fingerprint density at radius 3 is 2.88 bits per heavy atom. The summed E-state index contributed by atoms with van der Waals surface area (Å²) in [6.45, 7) is 1.24. The molecule has 1 aromatic heterocycles. The van der Waals surface area contributed by atoms with Crippen LogP contribution in [0.4, 0.5) is 0 Å². The summed E-state index contributed by atoms with van der Waals surface area (Å²) in [5.74, 6) is 1.84. The minimum atomic E-state index is -3.66. The molecule has 0 aliphatic carbocycles. The van der Waals surface area contributed by atoms with Crippen LogP contribution in [0, 0.1) is 0 Å².